The predicted molar refractivity (Wildman–Crippen MR) is 151 cm³/mol. The first-order valence-electron chi connectivity index (χ1n) is 13.0. The Hall–Kier alpha value is -3.70. The highest BCUT2D eigenvalue weighted by Gasteiger charge is 2.69. The summed E-state index contributed by atoms with van der Waals surface area (Å²) in [5, 5.41) is 3.62. The summed E-state index contributed by atoms with van der Waals surface area (Å²) in [6, 6.07) is 19.3. The molecule has 0 bridgehead atoms. The zero-order valence-electron chi connectivity index (χ0n) is 21.6. The number of ketones is 2. The van der Waals surface area contributed by atoms with Crippen LogP contribution >= 0.6 is 11.6 Å². The van der Waals surface area contributed by atoms with E-state index in [9.17, 15) is 14.4 Å². The van der Waals surface area contributed by atoms with Gasteiger partial charge in [-0.1, -0.05) is 80.1 Å². The van der Waals surface area contributed by atoms with Crippen LogP contribution in [0.1, 0.15) is 47.8 Å². The number of hydrogen-bond acceptors (Lipinski definition) is 4. The number of Topliss-reactive ketones (excluding diaryl/α,β-unsaturated/α-hetero) is 2. The van der Waals surface area contributed by atoms with Gasteiger partial charge in [0.15, 0.2) is 11.6 Å². The maximum absolute atomic E-state index is 14.5. The number of amides is 1. The molecule has 192 valence electrons. The van der Waals surface area contributed by atoms with Crippen molar-refractivity contribution >= 4 is 46.5 Å². The molecule has 3 aromatic carbocycles. The molecule has 0 saturated carbocycles. The minimum atomic E-state index is -1.27. The van der Waals surface area contributed by atoms with Crippen molar-refractivity contribution < 1.29 is 14.4 Å². The maximum Gasteiger partial charge on any atom is 0.238 e. The van der Waals surface area contributed by atoms with Gasteiger partial charge in [-0.3, -0.25) is 14.4 Å². The zero-order chi connectivity index (χ0) is 26.8. The number of carbonyl (C=O) groups excluding carboxylic acids is 3. The molecule has 0 aromatic heterocycles. The summed E-state index contributed by atoms with van der Waals surface area (Å²) in [4.78, 5) is 44.1. The Morgan fingerprint density at radius 2 is 1.79 bits per heavy atom. The molecule has 6 heteroatoms. The molecule has 3 heterocycles. The van der Waals surface area contributed by atoms with Crippen molar-refractivity contribution in [3.63, 3.8) is 0 Å². The standard InChI is InChI=1S/C32H29ClN2O3/c1-18(2)16-20-8-10-21(11-9-20)30(37)28-29(19(3)36)35-26-14-13-23(33)17-22(26)12-15-27(35)32(28)24-6-4-5-7-25(24)34-31(32)38/h4-15,17-18,27-29H,16H2,1-3H3,(H,34,38)/t27-,28+,29+,32-/m0/s1. The van der Waals surface area contributed by atoms with Crippen LogP contribution in [-0.4, -0.2) is 29.6 Å². The van der Waals surface area contributed by atoms with Gasteiger partial charge < -0.3 is 10.2 Å². The molecule has 1 spiro atoms. The summed E-state index contributed by atoms with van der Waals surface area (Å²) in [6.07, 6.45) is 4.81. The Balaban J connectivity index is 1.58. The van der Waals surface area contributed by atoms with Crippen LogP contribution in [-0.2, 0) is 21.4 Å². The lowest BCUT2D eigenvalue weighted by Gasteiger charge is -2.37. The van der Waals surface area contributed by atoms with Crippen LogP contribution in [0.2, 0.25) is 5.02 Å². The fourth-order valence-corrected chi connectivity index (χ4v) is 6.94. The molecular formula is C32H29ClN2O3. The molecule has 3 aromatic rings. The number of rotatable bonds is 5. The van der Waals surface area contributed by atoms with Gasteiger partial charge in [-0.15, -0.1) is 0 Å². The molecule has 0 unspecified atom stereocenters. The number of hydrogen-bond donors (Lipinski definition) is 1. The van der Waals surface area contributed by atoms with Crippen molar-refractivity contribution in [1.29, 1.82) is 0 Å². The van der Waals surface area contributed by atoms with E-state index in [0.717, 1.165) is 28.8 Å². The maximum atomic E-state index is 14.5. The summed E-state index contributed by atoms with van der Waals surface area (Å²) >= 11 is 6.29. The second kappa shape index (κ2) is 8.95. The minimum Gasteiger partial charge on any atom is -0.352 e. The number of para-hydroxylation sites is 1. The fourth-order valence-electron chi connectivity index (χ4n) is 6.76. The first-order valence-corrected chi connectivity index (χ1v) is 13.4. The molecule has 1 amide bonds. The first-order chi connectivity index (χ1) is 18.2. The average molecular weight is 525 g/mol. The summed E-state index contributed by atoms with van der Waals surface area (Å²) in [5.74, 6) is -1.04. The third kappa shape index (κ3) is 3.48. The second-order valence-corrected chi connectivity index (χ2v) is 11.4. The lowest BCUT2D eigenvalue weighted by Crippen LogP contribution is -2.51. The number of fused-ring (bicyclic) bond motifs is 6. The number of anilines is 2. The number of nitrogens with one attached hydrogen (secondary N) is 1. The highest BCUT2D eigenvalue weighted by Crippen LogP contribution is 2.57. The van der Waals surface area contributed by atoms with E-state index in [4.69, 9.17) is 11.6 Å². The summed E-state index contributed by atoms with van der Waals surface area (Å²) in [7, 11) is 0. The van der Waals surface area contributed by atoms with Crippen LogP contribution in [0, 0.1) is 11.8 Å². The molecule has 4 atom stereocenters. The van der Waals surface area contributed by atoms with Gasteiger partial charge in [0, 0.05) is 22.0 Å². The van der Waals surface area contributed by atoms with Crippen LogP contribution in [0.4, 0.5) is 11.4 Å². The van der Waals surface area contributed by atoms with Crippen LogP contribution < -0.4 is 10.2 Å². The summed E-state index contributed by atoms with van der Waals surface area (Å²) < 4.78 is 0. The second-order valence-electron chi connectivity index (χ2n) is 11.0. The molecule has 38 heavy (non-hydrogen) atoms. The van der Waals surface area contributed by atoms with Crippen molar-refractivity contribution in [2.75, 3.05) is 10.2 Å². The van der Waals surface area contributed by atoms with Gasteiger partial charge in [-0.2, -0.15) is 0 Å². The number of benzene rings is 3. The highest BCUT2D eigenvalue weighted by molar-refractivity contribution is 6.31. The third-order valence-corrected chi connectivity index (χ3v) is 8.41. The van der Waals surface area contributed by atoms with Gasteiger partial charge in [0.05, 0.1) is 18.0 Å². The Morgan fingerprint density at radius 1 is 1.05 bits per heavy atom. The SMILES string of the molecule is CC(=O)[C@@H]1[C@H](C(=O)c2ccc(CC(C)C)cc2)[C@@]2(C(=O)Nc3ccccc32)[C@@H]2C=Cc3cc(Cl)ccc3N12. The van der Waals surface area contributed by atoms with Gasteiger partial charge in [0.1, 0.15) is 5.41 Å². The average Bonchev–Trinajstić information content (AvgIpc) is 3.36. The molecule has 0 aliphatic carbocycles. The monoisotopic (exact) mass is 524 g/mol. The van der Waals surface area contributed by atoms with E-state index in [0.29, 0.717) is 22.2 Å². The van der Waals surface area contributed by atoms with Crippen LogP contribution in [0.5, 0.6) is 0 Å². The molecule has 1 saturated heterocycles. The minimum absolute atomic E-state index is 0.157. The van der Waals surface area contributed by atoms with Crippen molar-refractivity contribution in [2.24, 2.45) is 11.8 Å². The molecule has 3 aliphatic rings. The molecular weight excluding hydrogens is 496 g/mol. The summed E-state index contributed by atoms with van der Waals surface area (Å²) in [5.41, 5.74) is 3.47. The predicted octanol–water partition coefficient (Wildman–Crippen LogP) is 6.10. The van der Waals surface area contributed by atoms with E-state index in [1.54, 1.807) is 6.07 Å². The van der Waals surface area contributed by atoms with Crippen molar-refractivity contribution in [2.45, 2.75) is 44.7 Å². The zero-order valence-corrected chi connectivity index (χ0v) is 22.3. The number of carbonyl (C=O) groups is 3. The summed E-state index contributed by atoms with van der Waals surface area (Å²) in [6.45, 7) is 5.83. The van der Waals surface area contributed by atoms with E-state index in [1.165, 1.54) is 6.92 Å². The Bertz CT molecular complexity index is 1510. The normalized spacial score (nSPS) is 24.8. The van der Waals surface area contributed by atoms with E-state index < -0.39 is 23.4 Å². The smallest absolute Gasteiger partial charge is 0.238 e. The lowest BCUT2D eigenvalue weighted by molar-refractivity contribution is -0.122. The van der Waals surface area contributed by atoms with Gasteiger partial charge in [0.25, 0.3) is 0 Å². The van der Waals surface area contributed by atoms with E-state index in [2.05, 4.69) is 19.2 Å². The van der Waals surface area contributed by atoms with Gasteiger partial charge in [-0.05, 0) is 60.2 Å². The van der Waals surface area contributed by atoms with Crippen molar-refractivity contribution in [1.82, 2.24) is 0 Å². The fraction of sp³-hybridized carbons (Fsp3) is 0.281. The number of nitrogens with zero attached hydrogens (tertiary/aromatic N) is 1. The Morgan fingerprint density at radius 3 is 2.50 bits per heavy atom. The highest BCUT2D eigenvalue weighted by atomic mass is 35.5. The van der Waals surface area contributed by atoms with E-state index in [-0.39, 0.29) is 17.5 Å². The van der Waals surface area contributed by atoms with E-state index >= 15 is 0 Å². The third-order valence-electron chi connectivity index (χ3n) is 8.18. The quantitative estimate of drug-likeness (QED) is 0.409. The first kappa shape index (κ1) is 24.6. The van der Waals surface area contributed by atoms with Gasteiger partial charge in [-0.25, -0.2) is 0 Å². The van der Waals surface area contributed by atoms with Crippen LogP contribution in [0.15, 0.2) is 72.8 Å². The van der Waals surface area contributed by atoms with Crippen molar-refractivity contribution in [3.05, 3.63) is 100 Å². The lowest BCUT2D eigenvalue weighted by atomic mass is 9.64. The van der Waals surface area contributed by atoms with Gasteiger partial charge >= 0.3 is 0 Å². The topological polar surface area (TPSA) is 66.5 Å². The molecule has 5 nitrogen and oxygen atoms in total. The van der Waals surface area contributed by atoms with Crippen LogP contribution in [0.25, 0.3) is 6.08 Å². The molecule has 0 radical (unpaired) electrons. The Labute approximate surface area is 227 Å². The van der Waals surface area contributed by atoms with Crippen molar-refractivity contribution in [3.8, 4) is 0 Å². The molecule has 6 rings (SSSR count). The van der Waals surface area contributed by atoms with Crippen LogP contribution in [0.3, 0.4) is 0 Å². The van der Waals surface area contributed by atoms with E-state index in [1.807, 2.05) is 77.7 Å². The Kier molecular flexibility index (Phi) is 5.80. The number of halogens is 1. The molecule has 1 N–H and O–H groups in total. The largest absolute Gasteiger partial charge is 0.352 e. The van der Waals surface area contributed by atoms with Gasteiger partial charge in [0.2, 0.25) is 5.91 Å². The molecule has 3 aliphatic heterocycles. The molecule has 1 fully saturated rings.